The van der Waals surface area contributed by atoms with Gasteiger partial charge in [0.25, 0.3) is 5.56 Å². The zero-order chi connectivity index (χ0) is 19.0. The minimum absolute atomic E-state index is 0.0614. The van der Waals surface area contributed by atoms with E-state index in [1.165, 1.54) is 7.11 Å². The predicted octanol–water partition coefficient (Wildman–Crippen LogP) is 3.42. The molecule has 0 saturated carbocycles. The fourth-order valence-corrected chi connectivity index (χ4v) is 4.18. The van der Waals surface area contributed by atoms with Gasteiger partial charge < -0.3 is 14.8 Å². The second-order valence-corrected chi connectivity index (χ2v) is 7.76. The van der Waals surface area contributed by atoms with E-state index in [9.17, 15) is 9.90 Å². The number of thiophene rings is 1. The number of phenols is 1. The lowest BCUT2D eigenvalue weighted by atomic mass is 10.1. The van der Waals surface area contributed by atoms with Crippen LogP contribution in [-0.2, 0) is 19.5 Å². The van der Waals surface area contributed by atoms with Crippen molar-refractivity contribution in [2.45, 2.75) is 19.5 Å². The van der Waals surface area contributed by atoms with E-state index in [0.29, 0.717) is 36.6 Å². The van der Waals surface area contributed by atoms with E-state index in [2.05, 4.69) is 14.9 Å². The van der Waals surface area contributed by atoms with Crippen LogP contribution in [0.5, 0.6) is 11.5 Å². The number of benzene rings is 1. The summed E-state index contributed by atoms with van der Waals surface area (Å²) < 4.78 is 5.16. The number of H-pyrrole nitrogens is 1. The zero-order valence-electron chi connectivity index (χ0n) is 14.7. The number of rotatable bonds is 4. The van der Waals surface area contributed by atoms with E-state index in [1.807, 2.05) is 17.5 Å². The molecule has 140 valence electrons. The molecule has 0 unspecified atom stereocenters. The number of methoxy groups -OCH3 is 1. The zero-order valence-corrected chi connectivity index (χ0v) is 16.2. The summed E-state index contributed by atoms with van der Waals surface area (Å²) in [5.41, 5.74) is 2.39. The van der Waals surface area contributed by atoms with Crippen molar-refractivity contribution in [3.8, 4) is 22.2 Å². The number of aromatic hydroxyl groups is 1. The van der Waals surface area contributed by atoms with Crippen molar-refractivity contribution >= 4 is 22.9 Å². The second-order valence-electron chi connectivity index (χ2n) is 6.41. The molecule has 0 aliphatic carbocycles. The minimum Gasteiger partial charge on any atom is -0.503 e. The van der Waals surface area contributed by atoms with Crippen molar-refractivity contribution in [3.63, 3.8) is 0 Å². The van der Waals surface area contributed by atoms with E-state index in [4.69, 9.17) is 16.3 Å². The summed E-state index contributed by atoms with van der Waals surface area (Å²) in [7, 11) is 1.49. The lowest BCUT2D eigenvalue weighted by Gasteiger charge is -2.28. The van der Waals surface area contributed by atoms with Crippen molar-refractivity contribution < 1.29 is 9.84 Å². The molecule has 3 heterocycles. The van der Waals surface area contributed by atoms with Crippen LogP contribution in [0.1, 0.15) is 16.8 Å². The first kappa shape index (κ1) is 18.0. The summed E-state index contributed by atoms with van der Waals surface area (Å²) in [5, 5.41) is 12.1. The highest BCUT2D eigenvalue weighted by Crippen LogP contribution is 2.35. The first-order valence-electron chi connectivity index (χ1n) is 8.49. The van der Waals surface area contributed by atoms with E-state index < -0.39 is 0 Å². The molecule has 0 radical (unpaired) electrons. The Labute approximate surface area is 165 Å². The Morgan fingerprint density at radius 3 is 3.04 bits per heavy atom. The number of hydrogen-bond acceptors (Lipinski definition) is 6. The molecule has 0 atom stereocenters. The van der Waals surface area contributed by atoms with Gasteiger partial charge in [0, 0.05) is 26.1 Å². The standard InChI is InChI=1S/C19H18ClN3O3S/c1-26-15-8-11(7-13(20)17(15)24)9-23-5-4-14-12(10-23)19(25)22-18(21-14)16-3-2-6-27-16/h2-3,6-8,24H,4-5,9-10H2,1H3,(H,21,22,25). The highest BCUT2D eigenvalue weighted by molar-refractivity contribution is 7.13. The van der Waals surface area contributed by atoms with E-state index >= 15 is 0 Å². The van der Waals surface area contributed by atoms with Gasteiger partial charge in [0.2, 0.25) is 0 Å². The number of nitrogens with one attached hydrogen (secondary N) is 1. The Balaban J connectivity index is 1.57. The maximum atomic E-state index is 12.6. The summed E-state index contributed by atoms with van der Waals surface area (Å²) in [6, 6.07) is 7.38. The first-order chi connectivity index (χ1) is 13.0. The summed E-state index contributed by atoms with van der Waals surface area (Å²) in [6.07, 6.45) is 0.709. The van der Waals surface area contributed by atoms with Gasteiger partial charge in [-0.15, -0.1) is 11.3 Å². The Bertz CT molecular complexity index is 1030. The highest BCUT2D eigenvalue weighted by Gasteiger charge is 2.22. The molecule has 3 aromatic rings. The van der Waals surface area contributed by atoms with Gasteiger partial charge in [-0.1, -0.05) is 17.7 Å². The Morgan fingerprint density at radius 1 is 1.44 bits per heavy atom. The van der Waals surface area contributed by atoms with Crippen LogP contribution in [0.4, 0.5) is 0 Å². The summed E-state index contributed by atoms with van der Waals surface area (Å²) in [4.78, 5) is 23.3. The molecule has 0 spiro atoms. The Hall–Kier alpha value is -2.35. The van der Waals surface area contributed by atoms with E-state index in [0.717, 1.165) is 22.7 Å². The number of fused-ring (bicyclic) bond motifs is 1. The van der Waals surface area contributed by atoms with E-state index in [-0.39, 0.29) is 16.3 Å². The van der Waals surface area contributed by atoms with Crippen LogP contribution < -0.4 is 10.3 Å². The molecule has 0 amide bonds. The monoisotopic (exact) mass is 403 g/mol. The van der Waals surface area contributed by atoms with Gasteiger partial charge in [0.05, 0.1) is 28.3 Å². The van der Waals surface area contributed by atoms with Crippen LogP contribution in [0.2, 0.25) is 5.02 Å². The van der Waals surface area contributed by atoms with Gasteiger partial charge in [-0.05, 0) is 29.1 Å². The molecule has 0 saturated heterocycles. The number of ether oxygens (including phenoxy) is 1. The highest BCUT2D eigenvalue weighted by atomic mass is 35.5. The predicted molar refractivity (Wildman–Crippen MR) is 106 cm³/mol. The minimum atomic E-state index is -0.0885. The first-order valence-corrected chi connectivity index (χ1v) is 9.74. The van der Waals surface area contributed by atoms with Crippen LogP contribution in [0.15, 0.2) is 34.4 Å². The van der Waals surface area contributed by atoms with Crippen LogP contribution in [0.25, 0.3) is 10.7 Å². The number of aromatic nitrogens is 2. The van der Waals surface area contributed by atoms with Crippen molar-refractivity contribution in [2.24, 2.45) is 0 Å². The smallest absolute Gasteiger partial charge is 0.255 e. The molecule has 27 heavy (non-hydrogen) atoms. The maximum Gasteiger partial charge on any atom is 0.255 e. The lowest BCUT2D eigenvalue weighted by Crippen LogP contribution is -2.35. The molecule has 2 aromatic heterocycles. The van der Waals surface area contributed by atoms with E-state index in [1.54, 1.807) is 23.5 Å². The number of aromatic amines is 1. The van der Waals surface area contributed by atoms with Gasteiger partial charge in [-0.25, -0.2) is 4.98 Å². The fraction of sp³-hybridized carbons (Fsp3) is 0.263. The average Bonchev–Trinajstić information content (AvgIpc) is 3.19. The molecule has 4 rings (SSSR count). The Kier molecular flexibility index (Phi) is 4.90. The van der Waals surface area contributed by atoms with Gasteiger partial charge in [-0.3, -0.25) is 9.69 Å². The summed E-state index contributed by atoms with van der Waals surface area (Å²) in [5.74, 6) is 0.918. The Morgan fingerprint density at radius 2 is 2.30 bits per heavy atom. The maximum absolute atomic E-state index is 12.6. The van der Waals surface area contributed by atoms with Gasteiger partial charge in [-0.2, -0.15) is 0 Å². The van der Waals surface area contributed by atoms with Gasteiger partial charge >= 0.3 is 0 Å². The molecule has 0 fully saturated rings. The molecule has 6 nitrogen and oxygen atoms in total. The largest absolute Gasteiger partial charge is 0.503 e. The van der Waals surface area contributed by atoms with Crippen molar-refractivity contribution in [3.05, 3.63) is 61.8 Å². The number of halogens is 1. The molecule has 1 aliphatic heterocycles. The second kappa shape index (κ2) is 7.34. The van der Waals surface area contributed by atoms with Crippen LogP contribution in [-0.4, -0.2) is 33.6 Å². The molecule has 1 aromatic carbocycles. The number of phenolic OH excluding ortho intramolecular Hbond substituents is 1. The number of hydrogen-bond donors (Lipinski definition) is 2. The normalized spacial score (nSPS) is 14.1. The quantitative estimate of drug-likeness (QED) is 0.697. The molecule has 1 aliphatic rings. The topological polar surface area (TPSA) is 78.5 Å². The van der Waals surface area contributed by atoms with Crippen LogP contribution in [0, 0.1) is 0 Å². The molecular weight excluding hydrogens is 386 g/mol. The van der Waals surface area contributed by atoms with Crippen molar-refractivity contribution in [1.29, 1.82) is 0 Å². The molecule has 0 bridgehead atoms. The van der Waals surface area contributed by atoms with Crippen LogP contribution in [0.3, 0.4) is 0 Å². The van der Waals surface area contributed by atoms with Crippen LogP contribution >= 0.6 is 22.9 Å². The lowest BCUT2D eigenvalue weighted by molar-refractivity contribution is 0.241. The number of nitrogens with zero attached hydrogens (tertiary/aromatic N) is 2. The molecule has 2 N–H and O–H groups in total. The third-order valence-corrected chi connectivity index (χ3v) is 5.78. The van der Waals surface area contributed by atoms with Crippen molar-refractivity contribution in [1.82, 2.24) is 14.9 Å². The fourth-order valence-electron chi connectivity index (χ4n) is 3.28. The van der Waals surface area contributed by atoms with Gasteiger partial charge in [0.15, 0.2) is 17.3 Å². The summed E-state index contributed by atoms with van der Waals surface area (Å²) >= 11 is 7.63. The third-order valence-electron chi connectivity index (χ3n) is 4.62. The average molecular weight is 404 g/mol. The van der Waals surface area contributed by atoms with Gasteiger partial charge in [0.1, 0.15) is 0 Å². The SMILES string of the molecule is COc1cc(CN2CCc3nc(-c4cccs4)[nH]c(=O)c3C2)cc(Cl)c1O. The third kappa shape index (κ3) is 3.58. The molecular formula is C19H18ClN3O3S. The van der Waals surface area contributed by atoms with Crippen molar-refractivity contribution in [2.75, 3.05) is 13.7 Å². The molecule has 8 heteroatoms. The summed E-state index contributed by atoms with van der Waals surface area (Å²) in [6.45, 7) is 1.90.